The Bertz CT molecular complexity index is 774. The standard InChI is InChI=1S/C19H21NO6/c1-24-15-4-2-14(3-5-15)19(6-8-25-9-7-19)12-20-17(21)16-10-13(11-26-16)18(22)23/h2-5,10-11H,6-9,12H2,1H3,(H,20,21)(H,22,23). The highest BCUT2D eigenvalue weighted by atomic mass is 16.5. The fourth-order valence-corrected chi connectivity index (χ4v) is 3.18. The van der Waals surface area contributed by atoms with Gasteiger partial charge < -0.3 is 24.3 Å². The molecule has 26 heavy (non-hydrogen) atoms. The molecule has 7 heteroatoms. The molecule has 0 bridgehead atoms. The molecule has 1 aromatic heterocycles. The highest BCUT2D eigenvalue weighted by molar-refractivity contribution is 5.95. The SMILES string of the molecule is COc1ccc(C2(CNC(=O)c3cc(C(=O)O)co3)CCOCC2)cc1. The largest absolute Gasteiger partial charge is 0.497 e. The van der Waals surface area contributed by atoms with Crippen LogP contribution in [0.3, 0.4) is 0 Å². The number of amides is 1. The Balaban J connectivity index is 1.75. The molecule has 0 spiro atoms. The minimum absolute atomic E-state index is 0.0145. The number of hydrogen-bond acceptors (Lipinski definition) is 5. The van der Waals surface area contributed by atoms with Crippen LogP contribution in [0.2, 0.25) is 0 Å². The number of hydrogen-bond donors (Lipinski definition) is 2. The first-order chi connectivity index (χ1) is 12.5. The second kappa shape index (κ2) is 7.61. The van der Waals surface area contributed by atoms with Crippen LogP contribution >= 0.6 is 0 Å². The molecule has 0 unspecified atom stereocenters. The molecule has 1 aliphatic rings. The molecule has 0 saturated carbocycles. The summed E-state index contributed by atoms with van der Waals surface area (Å²) in [6.45, 7) is 1.64. The van der Waals surface area contributed by atoms with Crippen molar-refractivity contribution >= 4 is 11.9 Å². The van der Waals surface area contributed by atoms with Crippen molar-refractivity contribution in [2.75, 3.05) is 26.9 Å². The topological polar surface area (TPSA) is 98.0 Å². The van der Waals surface area contributed by atoms with Gasteiger partial charge in [0.25, 0.3) is 5.91 Å². The Morgan fingerprint density at radius 3 is 2.50 bits per heavy atom. The molecule has 7 nitrogen and oxygen atoms in total. The van der Waals surface area contributed by atoms with E-state index in [2.05, 4.69) is 5.32 Å². The van der Waals surface area contributed by atoms with Crippen LogP contribution in [0.5, 0.6) is 5.75 Å². The van der Waals surface area contributed by atoms with E-state index in [1.807, 2.05) is 24.3 Å². The maximum Gasteiger partial charge on any atom is 0.338 e. The molecule has 0 radical (unpaired) electrons. The molecule has 138 valence electrons. The molecule has 1 fully saturated rings. The molecule has 2 heterocycles. The zero-order chi connectivity index (χ0) is 18.6. The average molecular weight is 359 g/mol. The van der Waals surface area contributed by atoms with Crippen LogP contribution in [0.4, 0.5) is 0 Å². The van der Waals surface area contributed by atoms with Crippen molar-refractivity contribution in [2.45, 2.75) is 18.3 Å². The summed E-state index contributed by atoms with van der Waals surface area (Å²) in [5, 5.41) is 11.8. The lowest BCUT2D eigenvalue weighted by molar-refractivity contribution is 0.0484. The first kappa shape index (κ1) is 18.0. The molecule has 3 rings (SSSR count). The predicted molar refractivity (Wildman–Crippen MR) is 92.7 cm³/mol. The van der Waals surface area contributed by atoms with Crippen molar-refractivity contribution in [1.29, 1.82) is 0 Å². The first-order valence-electron chi connectivity index (χ1n) is 8.36. The van der Waals surface area contributed by atoms with Crippen LogP contribution in [0.15, 0.2) is 41.0 Å². The van der Waals surface area contributed by atoms with Crippen molar-refractivity contribution in [3.8, 4) is 5.75 Å². The van der Waals surface area contributed by atoms with Gasteiger partial charge in [-0.05, 0) is 30.5 Å². The Morgan fingerprint density at radius 1 is 1.23 bits per heavy atom. The van der Waals surface area contributed by atoms with Gasteiger partial charge >= 0.3 is 5.97 Å². The number of furan rings is 1. The van der Waals surface area contributed by atoms with E-state index in [1.165, 1.54) is 6.07 Å². The monoisotopic (exact) mass is 359 g/mol. The minimum Gasteiger partial charge on any atom is -0.497 e. The number of benzene rings is 1. The van der Waals surface area contributed by atoms with E-state index in [4.69, 9.17) is 19.0 Å². The molecular formula is C19H21NO6. The molecule has 0 aliphatic carbocycles. The number of carbonyl (C=O) groups excluding carboxylic acids is 1. The Hall–Kier alpha value is -2.80. The molecule has 2 aromatic rings. The second-order valence-corrected chi connectivity index (χ2v) is 6.31. The molecule has 2 N–H and O–H groups in total. The number of carbonyl (C=O) groups is 2. The summed E-state index contributed by atoms with van der Waals surface area (Å²) in [5.41, 5.74) is 0.807. The number of carboxylic acids is 1. The van der Waals surface area contributed by atoms with Gasteiger partial charge in [0.05, 0.1) is 12.7 Å². The van der Waals surface area contributed by atoms with Crippen LogP contribution in [0.25, 0.3) is 0 Å². The zero-order valence-electron chi connectivity index (χ0n) is 14.5. The van der Waals surface area contributed by atoms with E-state index in [9.17, 15) is 9.59 Å². The third kappa shape index (κ3) is 3.72. The Kier molecular flexibility index (Phi) is 5.27. The van der Waals surface area contributed by atoms with Crippen molar-refractivity contribution in [3.05, 3.63) is 53.5 Å². The zero-order valence-corrected chi connectivity index (χ0v) is 14.5. The highest BCUT2D eigenvalue weighted by Gasteiger charge is 2.35. The van der Waals surface area contributed by atoms with Gasteiger partial charge in [-0.2, -0.15) is 0 Å². The van der Waals surface area contributed by atoms with E-state index >= 15 is 0 Å². The number of aromatic carboxylic acids is 1. The molecule has 1 aliphatic heterocycles. The summed E-state index contributed by atoms with van der Waals surface area (Å²) in [6, 6.07) is 9.04. The number of methoxy groups -OCH3 is 1. The molecule has 1 amide bonds. The number of rotatable bonds is 6. The van der Waals surface area contributed by atoms with Crippen LogP contribution in [0, 0.1) is 0 Å². The summed E-state index contributed by atoms with van der Waals surface area (Å²) < 4.78 is 15.8. The van der Waals surface area contributed by atoms with Gasteiger partial charge in [0.15, 0.2) is 5.76 Å². The van der Waals surface area contributed by atoms with Crippen molar-refractivity contribution in [2.24, 2.45) is 0 Å². The molecule has 1 aromatic carbocycles. The summed E-state index contributed by atoms with van der Waals surface area (Å²) in [6.07, 6.45) is 2.61. The summed E-state index contributed by atoms with van der Waals surface area (Å²) >= 11 is 0. The lowest BCUT2D eigenvalue weighted by Gasteiger charge is -2.38. The van der Waals surface area contributed by atoms with Gasteiger partial charge in [-0.1, -0.05) is 12.1 Å². The van der Waals surface area contributed by atoms with Crippen molar-refractivity contribution in [1.82, 2.24) is 5.32 Å². The summed E-state index contributed by atoms with van der Waals surface area (Å²) in [4.78, 5) is 23.3. The summed E-state index contributed by atoms with van der Waals surface area (Å²) in [5.74, 6) is -0.806. The molecule has 1 saturated heterocycles. The van der Waals surface area contributed by atoms with Crippen LogP contribution < -0.4 is 10.1 Å². The normalized spacial score (nSPS) is 16.0. The van der Waals surface area contributed by atoms with Crippen LogP contribution in [0.1, 0.15) is 39.3 Å². The lowest BCUT2D eigenvalue weighted by atomic mass is 9.74. The van der Waals surface area contributed by atoms with Crippen LogP contribution in [-0.2, 0) is 10.2 Å². The minimum atomic E-state index is -1.13. The lowest BCUT2D eigenvalue weighted by Crippen LogP contribution is -2.44. The van der Waals surface area contributed by atoms with Crippen molar-refractivity contribution in [3.63, 3.8) is 0 Å². The molecule has 0 atom stereocenters. The number of carboxylic acid groups (broad SMARTS) is 1. The third-order valence-electron chi connectivity index (χ3n) is 4.81. The second-order valence-electron chi connectivity index (χ2n) is 6.31. The van der Waals surface area contributed by atoms with Gasteiger partial charge in [-0.25, -0.2) is 4.79 Å². The average Bonchev–Trinajstić information content (AvgIpc) is 3.18. The summed E-state index contributed by atoms with van der Waals surface area (Å²) in [7, 11) is 1.62. The fraction of sp³-hybridized carbons (Fsp3) is 0.368. The fourth-order valence-electron chi connectivity index (χ4n) is 3.18. The van der Waals surface area contributed by atoms with Crippen LogP contribution in [-0.4, -0.2) is 43.9 Å². The van der Waals surface area contributed by atoms with E-state index in [0.29, 0.717) is 19.8 Å². The van der Waals surface area contributed by atoms with Gasteiger partial charge in [-0.15, -0.1) is 0 Å². The Morgan fingerprint density at radius 2 is 1.92 bits per heavy atom. The first-order valence-corrected chi connectivity index (χ1v) is 8.36. The number of nitrogens with one attached hydrogen (secondary N) is 1. The van der Waals surface area contributed by atoms with Crippen molar-refractivity contribution < 1.29 is 28.6 Å². The number of ether oxygens (including phenoxy) is 2. The van der Waals surface area contributed by atoms with E-state index in [1.54, 1.807) is 7.11 Å². The Labute approximate surface area is 150 Å². The maximum absolute atomic E-state index is 12.3. The highest BCUT2D eigenvalue weighted by Crippen LogP contribution is 2.35. The van der Waals surface area contributed by atoms with E-state index in [-0.39, 0.29) is 16.7 Å². The van der Waals surface area contributed by atoms with Gasteiger partial charge in [0.2, 0.25) is 0 Å². The maximum atomic E-state index is 12.3. The quantitative estimate of drug-likeness (QED) is 0.822. The predicted octanol–water partition coefficient (Wildman–Crippen LogP) is 2.46. The van der Waals surface area contributed by atoms with Gasteiger partial charge in [-0.3, -0.25) is 4.79 Å². The smallest absolute Gasteiger partial charge is 0.338 e. The van der Waals surface area contributed by atoms with E-state index in [0.717, 1.165) is 30.4 Å². The van der Waals surface area contributed by atoms with E-state index < -0.39 is 11.9 Å². The van der Waals surface area contributed by atoms with Gasteiger partial charge in [0.1, 0.15) is 12.0 Å². The van der Waals surface area contributed by atoms with Gasteiger partial charge in [0, 0.05) is 31.2 Å². The molecular weight excluding hydrogens is 338 g/mol. The third-order valence-corrected chi connectivity index (χ3v) is 4.81.